The summed E-state index contributed by atoms with van der Waals surface area (Å²) in [5.41, 5.74) is 2.17. The van der Waals surface area contributed by atoms with Crippen LogP contribution in [0.2, 0.25) is 0 Å². The molecular weight excluding hydrogens is 240 g/mol. The van der Waals surface area contributed by atoms with E-state index in [1.54, 1.807) is 0 Å². The average molecular weight is 260 g/mol. The molecule has 0 amide bonds. The molecule has 5 nitrogen and oxygen atoms in total. The molecular formula is C14H20N4O. The van der Waals surface area contributed by atoms with Crippen LogP contribution in [0.4, 0.5) is 0 Å². The molecule has 1 aromatic carbocycles. The molecule has 0 atom stereocenters. The average Bonchev–Trinajstić information content (AvgIpc) is 2.85. The van der Waals surface area contributed by atoms with E-state index in [2.05, 4.69) is 20.4 Å². The fourth-order valence-electron chi connectivity index (χ4n) is 1.86. The Labute approximate surface area is 113 Å². The van der Waals surface area contributed by atoms with Gasteiger partial charge in [0, 0.05) is 18.7 Å². The van der Waals surface area contributed by atoms with Gasteiger partial charge in [0.1, 0.15) is 0 Å². The van der Waals surface area contributed by atoms with Gasteiger partial charge in [0.2, 0.25) is 11.7 Å². The van der Waals surface area contributed by atoms with Crippen molar-refractivity contribution in [2.24, 2.45) is 0 Å². The third kappa shape index (κ3) is 3.62. The van der Waals surface area contributed by atoms with E-state index in [0.29, 0.717) is 18.3 Å². The molecule has 0 saturated carbocycles. The van der Waals surface area contributed by atoms with Crippen LogP contribution in [-0.2, 0) is 6.54 Å². The summed E-state index contributed by atoms with van der Waals surface area (Å²) in [7, 11) is 3.98. The first-order valence-electron chi connectivity index (χ1n) is 6.42. The van der Waals surface area contributed by atoms with Crippen molar-refractivity contribution in [2.75, 3.05) is 27.2 Å². The molecule has 1 aromatic heterocycles. The topological polar surface area (TPSA) is 54.2 Å². The zero-order chi connectivity index (χ0) is 13.7. The zero-order valence-electron chi connectivity index (χ0n) is 11.7. The fraction of sp³-hybridized carbons (Fsp3) is 0.429. The van der Waals surface area contributed by atoms with Crippen molar-refractivity contribution in [2.45, 2.75) is 13.5 Å². The lowest BCUT2D eigenvalue weighted by molar-refractivity contribution is 0.268. The predicted molar refractivity (Wildman–Crippen MR) is 74.7 cm³/mol. The SMILES string of the molecule is CNCCN(C)Cc1nc(-c2ccccc2C)no1. The summed E-state index contributed by atoms with van der Waals surface area (Å²) in [6.07, 6.45) is 0. The molecule has 0 spiro atoms. The summed E-state index contributed by atoms with van der Waals surface area (Å²) in [4.78, 5) is 6.59. The third-order valence-corrected chi connectivity index (χ3v) is 3.00. The number of hydrogen-bond donors (Lipinski definition) is 1. The van der Waals surface area contributed by atoms with Gasteiger partial charge in [-0.3, -0.25) is 4.90 Å². The van der Waals surface area contributed by atoms with Gasteiger partial charge >= 0.3 is 0 Å². The van der Waals surface area contributed by atoms with Crippen LogP contribution in [0.3, 0.4) is 0 Å². The van der Waals surface area contributed by atoms with E-state index in [-0.39, 0.29) is 0 Å². The molecule has 0 saturated heterocycles. The van der Waals surface area contributed by atoms with Crippen molar-refractivity contribution in [3.05, 3.63) is 35.7 Å². The van der Waals surface area contributed by atoms with Crippen molar-refractivity contribution >= 4 is 0 Å². The van der Waals surface area contributed by atoms with Crippen LogP contribution >= 0.6 is 0 Å². The smallest absolute Gasteiger partial charge is 0.241 e. The molecule has 2 aromatic rings. The van der Waals surface area contributed by atoms with Crippen molar-refractivity contribution < 1.29 is 4.52 Å². The number of nitrogens with zero attached hydrogens (tertiary/aromatic N) is 3. The van der Waals surface area contributed by atoms with E-state index in [9.17, 15) is 0 Å². The molecule has 1 heterocycles. The van der Waals surface area contributed by atoms with Gasteiger partial charge in [-0.2, -0.15) is 4.98 Å². The minimum absolute atomic E-state index is 0.650. The van der Waals surface area contributed by atoms with Crippen molar-refractivity contribution in [1.82, 2.24) is 20.4 Å². The van der Waals surface area contributed by atoms with E-state index >= 15 is 0 Å². The number of likely N-dealkylation sites (N-methyl/N-ethyl adjacent to an activating group) is 2. The number of hydrogen-bond acceptors (Lipinski definition) is 5. The third-order valence-electron chi connectivity index (χ3n) is 3.00. The van der Waals surface area contributed by atoms with Gasteiger partial charge in [0.25, 0.3) is 0 Å². The Morgan fingerprint density at radius 3 is 2.84 bits per heavy atom. The molecule has 0 aliphatic rings. The van der Waals surface area contributed by atoms with Crippen LogP contribution in [-0.4, -0.2) is 42.2 Å². The van der Waals surface area contributed by atoms with Crippen molar-refractivity contribution in [3.63, 3.8) is 0 Å². The van der Waals surface area contributed by atoms with Gasteiger partial charge in [-0.15, -0.1) is 0 Å². The predicted octanol–water partition coefficient (Wildman–Crippen LogP) is 1.70. The van der Waals surface area contributed by atoms with E-state index in [4.69, 9.17) is 4.52 Å². The van der Waals surface area contributed by atoms with Crippen LogP contribution < -0.4 is 5.32 Å². The minimum Gasteiger partial charge on any atom is -0.338 e. The summed E-state index contributed by atoms with van der Waals surface area (Å²) in [5.74, 6) is 1.31. The Morgan fingerprint density at radius 1 is 1.32 bits per heavy atom. The fourth-order valence-corrected chi connectivity index (χ4v) is 1.86. The van der Waals surface area contributed by atoms with Crippen LogP contribution in [0.1, 0.15) is 11.5 Å². The zero-order valence-corrected chi connectivity index (χ0v) is 11.7. The summed E-state index contributed by atoms with van der Waals surface area (Å²) in [5, 5.41) is 7.17. The van der Waals surface area contributed by atoms with Gasteiger partial charge in [0.05, 0.1) is 6.54 Å². The summed E-state index contributed by atoms with van der Waals surface area (Å²) in [6.45, 7) is 4.60. The van der Waals surface area contributed by atoms with Gasteiger partial charge in [-0.05, 0) is 26.6 Å². The maximum atomic E-state index is 5.30. The molecule has 0 unspecified atom stereocenters. The second-order valence-corrected chi connectivity index (χ2v) is 4.67. The first-order valence-corrected chi connectivity index (χ1v) is 6.42. The highest BCUT2D eigenvalue weighted by Gasteiger charge is 2.11. The van der Waals surface area contributed by atoms with Crippen molar-refractivity contribution in [1.29, 1.82) is 0 Å². The number of rotatable bonds is 6. The van der Waals surface area contributed by atoms with E-state index in [1.165, 1.54) is 0 Å². The van der Waals surface area contributed by atoms with Gasteiger partial charge in [-0.25, -0.2) is 0 Å². The highest BCUT2D eigenvalue weighted by Crippen LogP contribution is 2.19. The van der Waals surface area contributed by atoms with E-state index in [1.807, 2.05) is 45.3 Å². The monoisotopic (exact) mass is 260 g/mol. The second kappa shape index (κ2) is 6.45. The molecule has 102 valence electrons. The number of nitrogens with one attached hydrogen (secondary N) is 1. The minimum atomic E-state index is 0.650. The standard InChI is InChI=1S/C14H20N4O/c1-11-6-4-5-7-12(11)14-16-13(19-17-14)10-18(3)9-8-15-2/h4-7,15H,8-10H2,1-3H3. The lowest BCUT2D eigenvalue weighted by Crippen LogP contribution is -2.27. The molecule has 0 radical (unpaired) electrons. The number of aryl methyl sites for hydroxylation is 1. The van der Waals surface area contributed by atoms with Crippen LogP contribution in [0.25, 0.3) is 11.4 Å². The highest BCUT2D eigenvalue weighted by atomic mass is 16.5. The summed E-state index contributed by atoms with van der Waals surface area (Å²) in [6, 6.07) is 8.04. The molecule has 0 aliphatic heterocycles. The van der Waals surface area contributed by atoms with Crippen LogP contribution in [0.15, 0.2) is 28.8 Å². The van der Waals surface area contributed by atoms with Crippen LogP contribution in [0.5, 0.6) is 0 Å². The highest BCUT2D eigenvalue weighted by molar-refractivity contribution is 5.58. The normalized spacial score (nSPS) is 11.2. The Hall–Kier alpha value is -1.72. The van der Waals surface area contributed by atoms with Gasteiger partial charge in [0.15, 0.2) is 0 Å². The Bertz CT molecular complexity index is 524. The summed E-state index contributed by atoms with van der Waals surface area (Å²) >= 11 is 0. The molecule has 5 heteroatoms. The summed E-state index contributed by atoms with van der Waals surface area (Å²) < 4.78 is 5.30. The number of benzene rings is 1. The van der Waals surface area contributed by atoms with Crippen LogP contribution in [0, 0.1) is 6.92 Å². The molecule has 19 heavy (non-hydrogen) atoms. The number of aromatic nitrogens is 2. The molecule has 1 N–H and O–H groups in total. The van der Waals surface area contributed by atoms with Gasteiger partial charge in [-0.1, -0.05) is 29.4 Å². The maximum absolute atomic E-state index is 5.30. The molecule has 0 aliphatic carbocycles. The molecule has 0 bridgehead atoms. The molecule has 0 fully saturated rings. The van der Waals surface area contributed by atoms with Gasteiger partial charge < -0.3 is 9.84 Å². The molecule has 2 rings (SSSR count). The lowest BCUT2D eigenvalue weighted by atomic mass is 10.1. The van der Waals surface area contributed by atoms with Crippen molar-refractivity contribution in [3.8, 4) is 11.4 Å². The first-order chi connectivity index (χ1) is 9.20. The lowest BCUT2D eigenvalue weighted by Gasteiger charge is -2.12. The first kappa shape index (κ1) is 13.7. The quantitative estimate of drug-likeness (QED) is 0.856. The Balaban J connectivity index is 2.05. The Morgan fingerprint density at radius 2 is 2.11 bits per heavy atom. The Kier molecular flexibility index (Phi) is 4.65. The van der Waals surface area contributed by atoms with E-state index < -0.39 is 0 Å². The van der Waals surface area contributed by atoms with E-state index in [0.717, 1.165) is 24.2 Å². The maximum Gasteiger partial charge on any atom is 0.241 e. The second-order valence-electron chi connectivity index (χ2n) is 4.67. The largest absolute Gasteiger partial charge is 0.338 e.